The lowest BCUT2D eigenvalue weighted by atomic mass is 9.82. The molecule has 1 aliphatic carbocycles. The van der Waals surface area contributed by atoms with E-state index in [-0.39, 0.29) is 5.75 Å². The molecule has 0 aromatic carbocycles. The van der Waals surface area contributed by atoms with Gasteiger partial charge in [0.2, 0.25) is 9.05 Å². The highest BCUT2D eigenvalue weighted by Crippen LogP contribution is 2.40. The van der Waals surface area contributed by atoms with Crippen LogP contribution in [0.5, 0.6) is 0 Å². The lowest BCUT2D eigenvalue weighted by Gasteiger charge is -2.22. The maximum atomic E-state index is 11.1. The Morgan fingerprint density at radius 1 is 1.38 bits per heavy atom. The fraction of sp³-hybridized carbons (Fsp3) is 0.700. The molecule has 0 saturated carbocycles. The molecule has 0 radical (unpaired) electrons. The zero-order valence-corrected chi connectivity index (χ0v) is 10.8. The third kappa shape index (κ3) is 2.25. The zero-order chi connectivity index (χ0) is 11.9. The summed E-state index contributed by atoms with van der Waals surface area (Å²) in [5.74, 6) is 1.19. The zero-order valence-electron chi connectivity index (χ0n) is 9.23. The van der Waals surface area contributed by atoms with Crippen LogP contribution in [0.2, 0.25) is 0 Å². The average Bonchev–Trinajstić information content (AvgIpc) is 2.54. The van der Waals surface area contributed by atoms with Crippen LogP contribution in [0.1, 0.15) is 55.5 Å². The second-order valence-electron chi connectivity index (χ2n) is 4.47. The molecule has 2 rings (SSSR count). The van der Waals surface area contributed by atoms with Crippen LogP contribution in [0.3, 0.4) is 0 Å². The summed E-state index contributed by atoms with van der Waals surface area (Å²) in [6, 6.07) is 0. The van der Waals surface area contributed by atoms with Crippen LogP contribution >= 0.6 is 10.7 Å². The number of hydrogen-bond acceptors (Lipinski definition) is 4. The second-order valence-corrected chi connectivity index (χ2v) is 7.25. The summed E-state index contributed by atoms with van der Waals surface area (Å²) in [6.45, 7) is 4.13. The van der Waals surface area contributed by atoms with Gasteiger partial charge in [0.15, 0.2) is 0 Å². The molecule has 0 saturated heterocycles. The monoisotopic (exact) mass is 263 g/mol. The van der Waals surface area contributed by atoms with E-state index in [0.29, 0.717) is 17.5 Å². The van der Waals surface area contributed by atoms with Crippen molar-refractivity contribution in [2.24, 2.45) is 0 Å². The molecule has 0 amide bonds. The predicted molar refractivity (Wildman–Crippen MR) is 61.0 cm³/mol. The van der Waals surface area contributed by atoms with Crippen molar-refractivity contribution >= 4 is 19.7 Å². The summed E-state index contributed by atoms with van der Waals surface area (Å²) >= 11 is 0. The third-order valence-electron chi connectivity index (χ3n) is 3.11. The van der Waals surface area contributed by atoms with E-state index in [2.05, 4.69) is 19.0 Å². The number of rotatable bonds is 2. The molecule has 0 spiro atoms. The van der Waals surface area contributed by atoms with Crippen LogP contribution < -0.4 is 0 Å². The Bertz CT molecular complexity index is 494. The smallest absolute Gasteiger partial charge is 0.238 e. The number of nitrogens with zero attached hydrogens (tertiary/aromatic N) is 1. The molecule has 2 atom stereocenters. The average molecular weight is 264 g/mol. The number of aromatic nitrogens is 1. The summed E-state index contributed by atoms with van der Waals surface area (Å²) in [5.41, 5.74) is 1.42. The lowest BCUT2D eigenvalue weighted by Crippen LogP contribution is -2.11. The van der Waals surface area contributed by atoms with E-state index in [1.165, 1.54) is 0 Å². The standard InChI is InChI=1S/C10H14ClNO3S/c1-6-3-4-7(2)10-9(6)8(12-15-10)5-16(11,13)14/h6-7H,3-5H2,1-2H3. The van der Waals surface area contributed by atoms with E-state index in [1.807, 2.05) is 0 Å². The molecule has 1 aromatic rings. The van der Waals surface area contributed by atoms with Crippen LogP contribution in [-0.2, 0) is 14.8 Å². The van der Waals surface area contributed by atoms with E-state index in [4.69, 9.17) is 15.2 Å². The Balaban J connectivity index is 2.42. The van der Waals surface area contributed by atoms with Gasteiger partial charge < -0.3 is 4.52 Å². The van der Waals surface area contributed by atoms with Gasteiger partial charge in [0.1, 0.15) is 17.2 Å². The van der Waals surface area contributed by atoms with Crippen LogP contribution in [0, 0.1) is 0 Å². The molecular formula is C10H14ClNO3S. The molecule has 0 bridgehead atoms. The maximum absolute atomic E-state index is 11.1. The molecule has 1 aromatic heterocycles. The third-order valence-corrected chi connectivity index (χ3v) is 4.06. The van der Waals surface area contributed by atoms with Gasteiger partial charge >= 0.3 is 0 Å². The van der Waals surface area contributed by atoms with Crippen molar-refractivity contribution < 1.29 is 12.9 Å². The summed E-state index contributed by atoms with van der Waals surface area (Å²) in [4.78, 5) is 0. The quantitative estimate of drug-likeness (QED) is 0.770. The second kappa shape index (κ2) is 4.04. The van der Waals surface area contributed by atoms with E-state index in [1.54, 1.807) is 0 Å². The van der Waals surface area contributed by atoms with Gasteiger partial charge in [-0.3, -0.25) is 0 Å². The highest BCUT2D eigenvalue weighted by atomic mass is 35.7. The Morgan fingerprint density at radius 2 is 2.00 bits per heavy atom. The van der Waals surface area contributed by atoms with E-state index in [0.717, 1.165) is 24.2 Å². The summed E-state index contributed by atoms with van der Waals surface area (Å²) < 4.78 is 27.4. The molecule has 1 heterocycles. The molecule has 4 nitrogen and oxygen atoms in total. The van der Waals surface area contributed by atoms with Crippen LogP contribution in [0.4, 0.5) is 0 Å². The molecule has 90 valence electrons. The molecule has 0 fully saturated rings. The van der Waals surface area contributed by atoms with Gasteiger partial charge in [-0.1, -0.05) is 19.0 Å². The van der Waals surface area contributed by atoms with Gasteiger partial charge in [-0.25, -0.2) is 8.42 Å². The molecule has 6 heteroatoms. The molecule has 2 unspecified atom stereocenters. The van der Waals surface area contributed by atoms with Gasteiger partial charge in [0, 0.05) is 22.2 Å². The Kier molecular flexibility index (Phi) is 3.01. The first kappa shape index (κ1) is 11.9. The number of fused-ring (bicyclic) bond motifs is 1. The minimum absolute atomic E-state index is 0.246. The van der Waals surface area contributed by atoms with Crippen LogP contribution in [-0.4, -0.2) is 13.6 Å². The first-order valence-electron chi connectivity index (χ1n) is 5.29. The SMILES string of the molecule is CC1CCC(C)c2c(CS(=O)(=O)Cl)noc21. The highest BCUT2D eigenvalue weighted by molar-refractivity contribution is 8.13. The van der Waals surface area contributed by atoms with Gasteiger partial charge in [-0.05, 0) is 18.8 Å². The number of hydrogen-bond donors (Lipinski definition) is 0. The molecule has 16 heavy (non-hydrogen) atoms. The van der Waals surface area contributed by atoms with E-state index < -0.39 is 9.05 Å². The summed E-state index contributed by atoms with van der Waals surface area (Å²) in [6.07, 6.45) is 2.08. The first-order valence-corrected chi connectivity index (χ1v) is 7.77. The Morgan fingerprint density at radius 3 is 2.62 bits per heavy atom. The largest absolute Gasteiger partial charge is 0.361 e. The lowest BCUT2D eigenvalue weighted by molar-refractivity contribution is 0.340. The molecular weight excluding hydrogens is 250 g/mol. The van der Waals surface area contributed by atoms with Crippen molar-refractivity contribution in [1.29, 1.82) is 0 Å². The minimum atomic E-state index is -3.57. The first-order chi connectivity index (χ1) is 7.38. The van der Waals surface area contributed by atoms with Gasteiger partial charge in [-0.2, -0.15) is 0 Å². The van der Waals surface area contributed by atoms with E-state index >= 15 is 0 Å². The van der Waals surface area contributed by atoms with Crippen molar-refractivity contribution in [2.75, 3.05) is 0 Å². The van der Waals surface area contributed by atoms with Crippen LogP contribution in [0.25, 0.3) is 0 Å². The van der Waals surface area contributed by atoms with Crippen molar-refractivity contribution in [2.45, 2.75) is 44.3 Å². The Hall–Kier alpha value is -0.550. The van der Waals surface area contributed by atoms with Crippen molar-refractivity contribution in [3.8, 4) is 0 Å². The molecule has 0 N–H and O–H groups in total. The number of halogens is 1. The Labute approximate surface area is 99.4 Å². The van der Waals surface area contributed by atoms with Crippen LogP contribution in [0.15, 0.2) is 4.52 Å². The molecule has 1 aliphatic rings. The van der Waals surface area contributed by atoms with Crippen molar-refractivity contribution in [1.82, 2.24) is 5.16 Å². The fourth-order valence-electron chi connectivity index (χ4n) is 2.27. The van der Waals surface area contributed by atoms with Crippen molar-refractivity contribution in [3.05, 3.63) is 17.0 Å². The van der Waals surface area contributed by atoms with Gasteiger partial charge in [-0.15, -0.1) is 0 Å². The van der Waals surface area contributed by atoms with Gasteiger partial charge in [0.05, 0.1) is 0 Å². The summed E-state index contributed by atoms with van der Waals surface area (Å²) in [5, 5.41) is 3.85. The highest BCUT2D eigenvalue weighted by Gasteiger charge is 2.31. The minimum Gasteiger partial charge on any atom is -0.361 e. The summed E-state index contributed by atoms with van der Waals surface area (Å²) in [7, 11) is 1.67. The molecule has 0 aliphatic heterocycles. The topological polar surface area (TPSA) is 60.2 Å². The predicted octanol–water partition coefficient (Wildman–Crippen LogP) is 2.74. The van der Waals surface area contributed by atoms with Crippen molar-refractivity contribution in [3.63, 3.8) is 0 Å². The fourth-order valence-corrected chi connectivity index (χ4v) is 3.12. The van der Waals surface area contributed by atoms with Gasteiger partial charge in [0.25, 0.3) is 0 Å². The maximum Gasteiger partial charge on any atom is 0.238 e. The van der Waals surface area contributed by atoms with E-state index in [9.17, 15) is 8.42 Å². The normalized spacial score (nSPS) is 25.4.